The summed E-state index contributed by atoms with van der Waals surface area (Å²) in [5.41, 5.74) is -1.06. The molecule has 0 aliphatic rings. The highest BCUT2D eigenvalue weighted by Gasteiger charge is 2.33. The van der Waals surface area contributed by atoms with E-state index in [-0.39, 0.29) is 5.56 Å². The molecular formula is C10H9ClF3NO. The summed E-state index contributed by atoms with van der Waals surface area (Å²) in [7, 11) is 0. The molecule has 88 valence electrons. The van der Waals surface area contributed by atoms with Gasteiger partial charge >= 0.3 is 6.18 Å². The average molecular weight is 252 g/mol. The molecule has 0 fully saturated rings. The molecule has 0 heterocycles. The van der Waals surface area contributed by atoms with Crippen molar-refractivity contribution >= 4 is 17.5 Å². The Morgan fingerprint density at radius 1 is 1.44 bits per heavy atom. The molecule has 6 heteroatoms. The lowest BCUT2D eigenvalue weighted by Gasteiger charge is -2.10. The molecule has 0 saturated carbocycles. The van der Waals surface area contributed by atoms with Gasteiger partial charge in [0.1, 0.15) is 0 Å². The van der Waals surface area contributed by atoms with E-state index < -0.39 is 22.7 Å². The highest BCUT2D eigenvalue weighted by Crippen LogP contribution is 2.35. The van der Waals surface area contributed by atoms with Crippen molar-refractivity contribution in [2.24, 2.45) is 0 Å². The van der Waals surface area contributed by atoms with Crippen molar-refractivity contribution in [2.45, 2.75) is 13.1 Å². The Hall–Kier alpha value is -1.23. The number of amides is 1. The van der Waals surface area contributed by atoms with Crippen LogP contribution in [-0.4, -0.2) is 12.5 Å². The summed E-state index contributed by atoms with van der Waals surface area (Å²) >= 11 is 5.41. The zero-order chi connectivity index (χ0) is 12.3. The molecule has 0 bridgehead atoms. The Morgan fingerprint density at radius 2 is 2.06 bits per heavy atom. The van der Waals surface area contributed by atoms with Gasteiger partial charge in [0, 0.05) is 12.1 Å². The van der Waals surface area contributed by atoms with Gasteiger partial charge in [0.15, 0.2) is 0 Å². The Balaban J connectivity index is 3.13. The fraction of sp³-hybridized carbons (Fsp3) is 0.300. The highest BCUT2D eigenvalue weighted by molar-refractivity contribution is 6.31. The van der Waals surface area contributed by atoms with Crippen LogP contribution in [0.4, 0.5) is 13.2 Å². The minimum Gasteiger partial charge on any atom is -0.352 e. The molecule has 0 aliphatic heterocycles. The molecule has 1 aromatic rings. The Bertz CT molecular complexity index is 404. The average Bonchev–Trinajstić information content (AvgIpc) is 2.16. The third kappa shape index (κ3) is 2.88. The normalized spacial score (nSPS) is 11.3. The zero-order valence-corrected chi connectivity index (χ0v) is 9.12. The fourth-order valence-corrected chi connectivity index (χ4v) is 1.37. The minimum atomic E-state index is -4.56. The molecule has 0 unspecified atom stereocenters. The largest absolute Gasteiger partial charge is 0.417 e. The maximum atomic E-state index is 12.5. The zero-order valence-electron chi connectivity index (χ0n) is 8.36. The van der Waals surface area contributed by atoms with Gasteiger partial charge < -0.3 is 5.32 Å². The fourth-order valence-electron chi connectivity index (χ4n) is 1.15. The van der Waals surface area contributed by atoms with Gasteiger partial charge in [-0.3, -0.25) is 4.79 Å². The standard InChI is InChI=1S/C10H9ClF3NO/c1-2-15-9(16)6-3-4-8(11)7(5-6)10(12,13)14/h3-5H,2H2,1H3,(H,15,16). The van der Waals surface area contributed by atoms with Crippen LogP contribution in [0.15, 0.2) is 18.2 Å². The summed E-state index contributed by atoms with van der Waals surface area (Å²) in [5, 5.41) is 1.99. The number of carbonyl (C=O) groups is 1. The van der Waals surface area contributed by atoms with Gasteiger partial charge in [0.2, 0.25) is 0 Å². The molecule has 0 spiro atoms. The number of nitrogens with one attached hydrogen (secondary N) is 1. The molecule has 1 aromatic carbocycles. The SMILES string of the molecule is CCNC(=O)c1ccc(Cl)c(C(F)(F)F)c1. The van der Waals surface area contributed by atoms with Gasteiger partial charge in [0.25, 0.3) is 5.91 Å². The molecule has 0 radical (unpaired) electrons. The second kappa shape index (κ2) is 4.74. The molecule has 0 aliphatic carbocycles. The second-order valence-corrected chi connectivity index (χ2v) is 3.46. The lowest BCUT2D eigenvalue weighted by Crippen LogP contribution is -2.23. The van der Waals surface area contributed by atoms with E-state index in [0.717, 1.165) is 12.1 Å². The molecule has 0 saturated heterocycles. The first kappa shape index (κ1) is 12.8. The van der Waals surface area contributed by atoms with Crippen LogP contribution in [0.3, 0.4) is 0 Å². The Kier molecular flexibility index (Phi) is 3.80. The summed E-state index contributed by atoms with van der Waals surface area (Å²) in [6, 6.07) is 3.06. The number of rotatable bonds is 2. The van der Waals surface area contributed by atoms with Crippen LogP contribution in [0.25, 0.3) is 0 Å². The predicted molar refractivity (Wildman–Crippen MR) is 54.5 cm³/mol. The third-order valence-corrected chi connectivity index (χ3v) is 2.20. The number of benzene rings is 1. The van der Waals surface area contributed by atoms with E-state index in [9.17, 15) is 18.0 Å². The third-order valence-electron chi connectivity index (χ3n) is 1.87. The van der Waals surface area contributed by atoms with E-state index in [2.05, 4.69) is 5.32 Å². The maximum absolute atomic E-state index is 12.5. The van der Waals surface area contributed by atoms with Crippen LogP contribution in [-0.2, 0) is 6.18 Å². The summed E-state index contributed by atoms with van der Waals surface area (Å²) in [5.74, 6) is -0.551. The number of carbonyl (C=O) groups excluding carboxylic acids is 1. The molecule has 2 nitrogen and oxygen atoms in total. The first-order valence-corrected chi connectivity index (χ1v) is 4.89. The predicted octanol–water partition coefficient (Wildman–Crippen LogP) is 3.11. The maximum Gasteiger partial charge on any atom is 0.417 e. The smallest absolute Gasteiger partial charge is 0.352 e. The highest BCUT2D eigenvalue weighted by atomic mass is 35.5. The molecule has 1 N–H and O–H groups in total. The minimum absolute atomic E-state index is 0.0569. The number of hydrogen-bond donors (Lipinski definition) is 1. The summed E-state index contributed by atoms with van der Waals surface area (Å²) in [6.45, 7) is 2.03. The van der Waals surface area contributed by atoms with Crippen molar-refractivity contribution in [2.75, 3.05) is 6.54 Å². The Morgan fingerprint density at radius 3 is 2.56 bits per heavy atom. The Labute approximate surface area is 95.4 Å². The molecule has 1 rings (SSSR count). The van der Waals surface area contributed by atoms with E-state index in [1.54, 1.807) is 6.92 Å². The monoisotopic (exact) mass is 251 g/mol. The van der Waals surface area contributed by atoms with Crippen LogP contribution in [0, 0.1) is 0 Å². The van der Waals surface area contributed by atoms with E-state index in [1.807, 2.05) is 0 Å². The van der Waals surface area contributed by atoms with Gasteiger partial charge in [0.05, 0.1) is 10.6 Å². The van der Waals surface area contributed by atoms with Crippen LogP contribution >= 0.6 is 11.6 Å². The van der Waals surface area contributed by atoms with E-state index >= 15 is 0 Å². The first-order valence-electron chi connectivity index (χ1n) is 4.51. The lowest BCUT2D eigenvalue weighted by molar-refractivity contribution is -0.137. The van der Waals surface area contributed by atoms with Crippen molar-refractivity contribution in [3.05, 3.63) is 34.3 Å². The van der Waals surface area contributed by atoms with Gasteiger partial charge in [-0.15, -0.1) is 0 Å². The van der Waals surface area contributed by atoms with Crippen LogP contribution in [0.2, 0.25) is 5.02 Å². The van der Waals surface area contributed by atoms with Crippen molar-refractivity contribution in [3.8, 4) is 0 Å². The van der Waals surface area contributed by atoms with Crippen LogP contribution in [0.1, 0.15) is 22.8 Å². The first-order chi connectivity index (χ1) is 7.36. The summed E-state index contributed by atoms with van der Waals surface area (Å²) in [4.78, 5) is 11.3. The van der Waals surface area contributed by atoms with Crippen LogP contribution < -0.4 is 5.32 Å². The van der Waals surface area contributed by atoms with E-state index in [0.29, 0.717) is 6.54 Å². The van der Waals surface area contributed by atoms with Gasteiger partial charge in [-0.1, -0.05) is 11.6 Å². The van der Waals surface area contributed by atoms with Crippen molar-refractivity contribution in [1.82, 2.24) is 5.32 Å². The van der Waals surface area contributed by atoms with E-state index in [4.69, 9.17) is 11.6 Å². The molecule has 0 aromatic heterocycles. The topological polar surface area (TPSA) is 29.1 Å². The van der Waals surface area contributed by atoms with Gasteiger partial charge in [-0.25, -0.2) is 0 Å². The molecular weight excluding hydrogens is 243 g/mol. The van der Waals surface area contributed by atoms with Crippen molar-refractivity contribution in [3.63, 3.8) is 0 Å². The van der Waals surface area contributed by atoms with Gasteiger partial charge in [-0.05, 0) is 25.1 Å². The number of halogens is 4. The molecule has 0 atom stereocenters. The number of hydrogen-bond acceptors (Lipinski definition) is 1. The van der Waals surface area contributed by atoms with E-state index in [1.165, 1.54) is 6.07 Å². The summed E-state index contributed by atoms with van der Waals surface area (Å²) < 4.78 is 37.4. The van der Waals surface area contributed by atoms with Gasteiger partial charge in [-0.2, -0.15) is 13.2 Å². The summed E-state index contributed by atoms with van der Waals surface area (Å²) in [6.07, 6.45) is -4.56. The quantitative estimate of drug-likeness (QED) is 0.860. The number of alkyl halides is 3. The second-order valence-electron chi connectivity index (χ2n) is 3.05. The lowest BCUT2D eigenvalue weighted by atomic mass is 10.1. The van der Waals surface area contributed by atoms with Crippen molar-refractivity contribution in [1.29, 1.82) is 0 Å². The molecule has 16 heavy (non-hydrogen) atoms. The van der Waals surface area contributed by atoms with Crippen LogP contribution in [0.5, 0.6) is 0 Å². The molecule has 1 amide bonds. The van der Waals surface area contributed by atoms with Crippen molar-refractivity contribution < 1.29 is 18.0 Å².